The molecule has 0 unspecified atom stereocenters. The first-order chi connectivity index (χ1) is 14.9. The highest BCUT2D eigenvalue weighted by Gasteiger charge is 2.15. The molecule has 11 heteroatoms. The number of nitrogens with one attached hydrogen (secondary N) is 1. The van der Waals surface area contributed by atoms with E-state index in [0.29, 0.717) is 38.2 Å². The van der Waals surface area contributed by atoms with Gasteiger partial charge in [-0.2, -0.15) is 0 Å². The summed E-state index contributed by atoms with van der Waals surface area (Å²) >= 11 is 21.0. The molecule has 2 aromatic carbocycles. The second-order valence-corrected chi connectivity index (χ2v) is 9.50. The quantitative estimate of drug-likeness (QED) is 0.256. The van der Waals surface area contributed by atoms with Crippen LogP contribution in [0.25, 0.3) is 0 Å². The van der Waals surface area contributed by atoms with Gasteiger partial charge in [0, 0.05) is 12.3 Å². The minimum absolute atomic E-state index is 0.136. The fraction of sp³-hybridized carbons (Fsp3) is 0.250. The van der Waals surface area contributed by atoms with Crippen molar-refractivity contribution in [3.8, 4) is 0 Å². The molecule has 0 aliphatic carbocycles. The Hall–Kier alpha value is -1.45. The maximum atomic E-state index is 13.0. The van der Waals surface area contributed by atoms with Gasteiger partial charge in [-0.15, -0.1) is 22.0 Å². The fourth-order valence-electron chi connectivity index (χ4n) is 2.63. The molecule has 0 aliphatic heterocycles. The lowest BCUT2D eigenvalue weighted by Gasteiger charge is -2.09. The number of rotatable bonds is 9. The van der Waals surface area contributed by atoms with Crippen LogP contribution in [0, 0.1) is 5.82 Å². The van der Waals surface area contributed by atoms with Crippen LogP contribution in [0.2, 0.25) is 15.1 Å². The highest BCUT2D eigenvalue weighted by molar-refractivity contribution is 7.99. The lowest BCUT2D eigenvalue weighted by atomic mass is 10.2. The maximum Gasteiger partial charge on any atom is 0.234 e. The monoisotopic (exact) mass is 518 g/mol. The van der Waals surface area contributed by atoms with E-state index < -0.39 is 0 Å². The number of aromatic nitrogens is 3. The summed E-state index contributed by atoms with van der Waals surface area (Å²) in [5, 5.41) is 12.8. The van der Waals surface area contributed by atoms with Crippen molar-refractivity contribution in [3.05, 3.63) is 68.7 Å². The van der Waals surface area contributed by atoms with E-state index in [1.807, 2.05) is 11.5 Å². The van der Waals surface area contributed by atoms with Crippen molar-refractivity contribution in [2.75, 3.05) is 11.1 Å². The van der Waals surface area contributed by atoms with Gasteiger partial charge in [0.1, 0.15) is 11.6 Å². The van der Waals surface area contributed by atoms with Crippen molar-refractivity contribution in [2.24, 2.45) is 0 Å². The Labute approximate surface area is 203 Å². The number of halogens is 4. The summed E-state index contributed by atoms with van der Waals surface area (Å²) in [5.74, 6) is 1.87. The van der Waals surface area contributed by atoms with E-state index in [9.17, 15) is 9.18 Å². The molecule has 3 rings (SSSR count). The van der Waals surface area contributed by atoms with Crippen molar-refractivity contribution in [1.82, 2.24) is 14.8 Å². The largest absolute Gasteiger partial charge is 0.324 e. The number of hydrogen-bond acceptors (Lipinski definition) is 5. The molecule has 1 N–H and O–H groups in total. The molecule has 0 saturated heterocycles. The number of benzene rings is 2. The summed E-state index contributed by atoms with van der Waals surface area (Å²) in [6.07, 6.45) is 0. The highest BCUT2D eigenvalue weighted by atomic mass is 35.5. The number of carbonyl (C=O) groups is 1. The third-order valence-corrected chi connectivity index (χ3v) is 7.14. The second kappa shape index (κ2) is 11.4. The topological polar surface area (TPSA) is 59.8 Å². The van der Waals surface area contributed by atoms with E-state index in [4.69, 9.17) is 34.8 Å². The molecule has 0 bridgehead atoms. The first-order valence-corrected chi connectivity index (χ1v) is 12.5. The molecule has 0 saturated carbocycles. The third-order valence-electron chi connectivity index (χ3n) is 4.14. The molecule has 1 amide bonds. The molecular weight excluding hydrogens is 502 g/mol. The van der Waals surface area contributed by atoms with Gasteiger partial charge < -0.3 is 9.88 Å². The van der Waals surface area contributed by atoms with Gasteiger partial charge >= 0.3 is 0 Å². The van der Waals surface area contributed by atoms with Crippen LogP contribution in [-0.4, -0.2) is 26.4 Å². The van der Waals surface area contributed by atoms with E-state index >= 15 is 0 Å². The van der Waals surface area contributed by atoms with Crippen molar-refractivity contribution in [3.63, 3.8) is 0 Å². The molecule has 1 aromatic heterocycles. The summed E-state index contributed by atoms with van der Waals surface area (Å²) in [6, 6.07) is 9.45. The molecular formula is C20H18Cl3FN4OS2. The van der Waals surface area contributed by atoms with Crippen LogP contribution in [0.4, 0.5) is 10.1 Å². The Balaban J connectivity index is 1.54. The zero-order valence-electron chi connectivity index (χ0n) is 16.4. The van der Waals surface area contributed by atoms with E-state index in [2.05, 4.69) is 15.5 Å². The van der Waals surface area contributed by atoms with Gasteiger partial charge in [-0.25, -0.2) is 4.39 Å². The van der Waals surface area contributed by atoms with Crippen LogP contribution in [0.1, 0.15) is 18.3 Å². The Morgan fingerprint density at radius 1 is 1.06 bits per heavy atom. The summed E-state index contributed by atoms with van der Waals surface area (Å²) < 4.78 is 15.0. The lowest BCUT2D eigenvalue weighted by Crippen LogP contribution is -2.15. The smallest absolute Gasteiger partial charge is 0.234 e. The zero-order chi connectivity index (χ0) is 22.4. The van der Waals surface area contributed by atoms with E-state index in [-0.39, 0.29) is 17.5 Å². The summed E-state index contributed by atoms with van der Waals surface area (Å²) in [7, 11) is 0. The van der Waals surface area contributed by atoms with Crippen LogP contribution >= 0.6 is 58.3 Å². The molecule has 0 aliphatic rings. The molecule has 31 heavy (non-hydrogen) atoms. The number of nitrogens with zero attached hydrogens (tertiary/aromatic N) is 3. The number of hydrogen-bond donors (Lipinski definition) is 1. The van der Waals surface area contributed by atoms with Gasteiger partial charge in [0.2, 0.25) is 5.91 Å². The molecule has 0 atom stereocenters. The van der Waals surface area contributed by atoms with E-state index in [1.165, 1.54) is 36.0 Å². The third kappa shape index (κ3) is 6.76. The van der Waals surface area contributed by atoms with E-state index in [1.54, 1.807) is 23.9 Å². The van der Waals surface area contributed by atoms with Crippen LogP contribution in [0.15, 0.2) is 41.6 Å². The average Bonchev–Trinajstić information content (AvgIpc) is 3.13. The minimum atomic E-state index is -0.247. The number of carbonyl (C=O) groups excluding carboxylic acids is 1. The van der Waals surface area contributed by atoms with Crippen LogP contribution < -0.4 is 5.32 Å². The van der Waals surface area contributed by atoms with Gasteiger partial charge in [-0.05, 0) is 36.8 Å². The van der Waals surface area contributed by atoms with Gasteiger partial charge in [-0.3, -0.25) is 4.79 Å². The number of thioether (sulfide) groups is 2. The van der Waals surface area contributed by atoms with Crippen LogP contribution in [-0.2, 0) is 22.8 Å². The normalized spacial score (nSPS) is 11.0. The highest BCUT2D eigenvalue weighted by Crippen LogP contribution is 2.32. The number of amides is 1. The summed E-state index contributed by atoms with van der Waals surface area (Å²) in [4.78, 5) is 12.3. The van der Waals surface area contributed by atoms with Crippen LogP contribution in [0.3, 0.4) is 0 Å². The van der Waals surface area contributed by atoms with E-state index in [0.717, 1.165) is 17.1 Å². The lowest BCUT2D eigenvalue weighted by molar-refractivity contribution is -0.113. The summed E-state index contributed by atoms with van der Waals surface area (Å²) in [5.41, 5.74) is 1.44. The Bertz CT molecular complexity index is 1060. The predicted octanol–water partition coefficient (Wildman–Crippen LogP) is 6.56. The minimum Gasteiger partial charge on any atom is -0.324 e. The van der Waals surface area contributed by atoms with Gasteiger partial charge in [0.15, 0.2) is 5.16 Å². The first kappa shape index (κ1) is 24.2. The fourth-order valence-corrected chi connectivity index (χ4v) is 4.97. The molecule has 0 radical (unpaired) electrons. The zero-order valence-corrected chi connectivity index (χ0v) is 20.3. The van der Waals surface area contributed by atoms with Gasteiger partial charge in [0.05, 0.1) is 32.3 Å². The standard InChI is InChI=1S/C20H18Cl3FN4OS2/c1-2-28-18(10-30-9-12-3-5-13(24)6-4-12)26-27-20(28)31-11-19(29)25-17-8-15(22)14(21)7-16(17)23/h3-8H,2,9-11H2,1H3,(H,25,29). The SMILES string of the molecule is CCn1c(CSCc2ccc(F)cc2)nnc1SCC(=O)Nc1cc(Cl)c(Cl)cc1Cl. The molecule has 3 aromatic rings. The first-order valence-electron chi connectivity index (χ1n) is 9.18. The van der Waals surface area contributed by atoms with Gasteiger partial charge in [0.25, 0.3) is 0 Å². The van der Waals surface area contributed by atoms with Gasteiger partial charge in [-0.1, -0.05) is 58.7 Å². The summed E-state index contributed by atoms with van der Waals surface area (Å²) in [6.45, 7) is 2.68. The van der Waals surface area contributed by atoms with Crippen molar-refractivity contribution >= 4 is 69.9 Å². The van der Waals surface area contributed by atoms with Crippen molar-refractivity contribution < 1.29 is 9.18 Å². The Morgan fingerprint density at radius 3 is 2.48 bits per heavy atom. The average molecular weight is 520 g/mol. The number of anilines is 1. The predicted molar refractivity (Wildman–Crippen MR) is 128 cm³/mol. The Morgan fingerprint density at radius 2 is 1.77 bits per heavy atom. The molecule has 1 heterocycles. The molecule has 164 valence electrons. The molecule has 0 fully saturated rings. The maximum absolute atomic E-state index is 13.0. The molecule has 5 nitrogen and oxygen atoms in total. The van der Waals surface area contributed by atoms with Crippen molar-refractivity contribution in [2.45, 2.75) is 30.1 Å². The van der Waals surface area contributed by atoms with Crippen LogP contribution in [0.5, 0.6) is 0 Å². The van der Waals surface area contributed by atoms with Crippen molar-refractivity contribution in [1.29, 1.82) is 0 Å². The Kier molecular flexibility index (Phi) is 8.92. The second-order valence-electron chi connectivity index (χ2n) is 6.35. The molecule has 0 spiro atoms.